The summed E-state index contributed by atoms with van der Waals surface area (Å²) in [5, 5.41) is 5.45. The van der Waals surface area contributed by atoms with Crippen LogP contribution in [-0.4, -0.2) is 6.36 Å². The Bertz CT molecular complexity index is 556. The van der Waals surface area contributed by atoms with Crippen LogP contribution in [0.1, 0.15) is 4.88 Å². The van der Waals surface area contributed by atoms with Gasteiger partial charge in [-0.2, -0.15) is 0 Å². The van der Waals surface area contributed by atoms with E-state index in [1.165, 1.54) is 29.5 Å². The van der Waals surface area contributed by atoms with Crippen LogP contribution in [0.15, 0.2) is 35.7 Å². The lowest BCUT2D eigenvalue weighted by Gasteiger charge is -2.10. The highest BCUT2D eigenvalue weighted by atomic mass is 35.5. The molecule has 0 fully saturated rings. The largest absolute Gasteiger partial charge is 0.573 e. The fraction of sp³-hybridized carbons (Fsp3) is 0.167. The van der Waals surface area contributed by atoms with Crippen molar-refractivity contribution in [3.8, 4) is 5.75 Å². The normalized spacial score (nSPS) is 11.4. The molecule has 1 N–H and O–H groups in total. The van der Waals surface area contributed by atoms with Gasteiger partial charge in [0.15, 0.2) is 0 Å². The number of thiophene rings is 1. The van der Waals surface area contributed by atoms with Crippen molar-refractivity contribution in [2.24, 2.45) is 0 Å². The monoisotopic (exact) mass is 307 g/mol. The van der Waals surface area contributed by atoms with Crippen molar-refractivity contribution in [2.45, 2.75) is 12.9 Å². The van der Waals surface area contributed by atoms with E-state index >= 15 is 0 Å². The van der Waals surface area contributed by atoms with E-state index in [0.717, 1.165) is 4.88 Å². The molecule has 1 aromatic carbocycles. The quantitative estimate of drug-likeness (QED) is 0.866. The van der Waals surface area contributed by atoms with Crippen molar-refractivity contribution < 1.29 is 17.9 Å². The van der Waals surface area contributed by atoms with Crippen LogP contribution in [0, 0.1) is 0 Å². The number of ether oxygens (including phenoxy) is 1. The van der Waals surface area contributed by atoms with Crippen molar-refractivity contribution in [3.63, 3.8) is 0 Å². The van der Waals surface area contributed by atoms with Crippen LogP contribution in [0.5, 0.6) is 5.75 Å². The third-order valence-electron chi connectivity index (χ3n) is 2.16. The minimum atomic E-state index is -4.68. The van der Waals surface area contributed by atoms with Gasteiger partial charge in [0.1, 0.15) is 5.75 Å². The summed E-state index contributed by atoms with van der Waals surface area (Å²) in [6.07, 6.45) is -4.68. The van der Waals surface area contributed by atoms with Gasteiger partial charge in [0.05, 0.1) is 5.02 Å². The first-order chi connectivity index (χ1) is 8.92. The SMILES string of the molecule is FC(F)(F)Oc1cccc(NCc2cc(Cl)cs2)c1. The van der Waals surface area contributed by atoms with Crippen molar-refractivity contribution in [2.75, 3.05) is 5.32 Å². The summed E-state index contributed by atoms with van der Waals surface area (Å²) >= 11 is 7.25. The van der Waals surface area contributed by atoms with Crippen LogP contribution < -0.4 is 10.1 Å². The molecule has 0 radical (unpaired) electrons. The first kappa shape index (κ1) is 14.0. The fourth-order valence-corrected chi connectivity index (χ4v) is 2.45. The Morgan fingerprint density at radius 3 is 2.68 bits per heavy atom. The standard InChI is InChI=1S/C12H9ClF3NOS/c13-8-4-11(19-7-8)6-17-9-2-1-3-10(5-9)18-12(14,15)16/h1-5,7,17H,6H2. The summed E-state index contributed by atoms with van der Waals surface area (Å²) in [6, 6.07) is 7.50. The maximum absolute atomic E-state index is 12.1. The Balaban J connectivity index is 1.99. The molecule has 2 nitrogen and oxygen atoms in total. The van der Waals surface area contributed by atoms with Crippen molar-refractivity contribution >= 4 is 28.6 Å². The van der Waals surface area contributed by atoms with Crippen LogP contribution in [-0.2, 0) is 6.54 Å². The number of halogens is 4. The lowest BCUT2D eigenvalue weighted by atomic mass is 10.3. The predicted molar refractivity (Wildman–Crippen MR) is 69.8 cm³/mol. The first-order valence-corrected chi connectivity index (χ1v) is 6.51. The fourth-order valence-electron chi connectivity index (χ4n) is 1.44. The summed E-state index contributed by atoms with van der Waals surface area (Å²) in [5.41, 5.74) is 0.547. The van der Waals surface area contributed by atoms with E-state index in [1.54, 1.807) is 17.5 Å². The number of anilines is 1. The second-order valence-corrected chi connectivity index (χ2v) is 5.09. The van der Waals surface area contributed by atoms with Gasteiger partial charge in [-0.3, -0.25) is 0 Å². The molecular weight excluding hydrogens is 299 g/mol. The average molecular weight is 308 g/mol. The number of alkyl halides is 3. The van der Waals surface area contributed by atoms with E-state index < -0.39 is 6.36 Å². The number of benzene rings is 1. The van der Waals surface area contributed by atoms with Crippen LogP contribution >= 0.6 is 22.9 Å². The van der Waals surface area contributed by atoms with Gasteiger partial charge in [-0.05, 0) is 18.2 Å². The Morgan fingerprint density at radius 2 is 2.05 bits per heavy atom. The molecular formula is C12H9ClF3NOS. The summed E-state index contributed by atoms with van der Waals surface area (Å²) in [7, 11) is 0. The molecule has 0 aliphatic rings. The van der Waals surface area contributed by atoms with Gasteiger partial charge in [0.25, 0.3) is 0 Å². The summed E-state index contributed by atoms with van der Waals surface area (Å²) in [6.45, 7) is 0.493. The second-order valence-electron chi connectivity index (χ2n) is 3.66. The van der Waals surface area contributed by atoms with E-state index in [9.17, 15) is 13.2 Å². The van der Waals surface area contributed by atoms with Gasteiger partial charge >= 0.3 is 6.36 Å². The van der Waals surface area contributed by atoms with Gasteiger partial charge in [0.2, 0.25) is 0 Å². The van der Waals surface area contributed by atoms with E-state index in [1.807, 2.05) is 0 Å². The first-order valence-electron chi connectivity index (χ1n) is 5.25. The highest BCUT2D eigenvalue weighted by Crippen LogP contribution is 2.26. The zero-order valence-corrected chi connectivity index (χ0v) is 11.1. The number of rotatable bonds is 4. The molecule has 0 spiro atoms. The van der Waals surface area contributed by atoms with Gasteiger partial charge < -0.3 is 10.1 Å². The van der Waals surface area contributed by atoms with Crippen LogP contribution in [0.2, 0.25) is 5.02 Å². The molecule has 0 amide bonds. The molecule has 0 saturated heterocycles. The minimum absolute atomic E-state index is 0.248. The average Bonchev–Trinajstić information content (AvgIpc) is 2.71. The topological polar surface area (TPSA) is 21.3 Å². The number of hydrogen-bond acceptors (Lipinski definition) is 3. The summed E-state index contributed by atoms with van der Waals surface area (Å²) in [5.74, 6) is -0.248. The molecule has 0 saturated carbocycles. The summed E-state index contributed by atoms with van der Waals surface area (Å²) < 4.78 is 40.1. The predicted octanol–water partition coefficient (Wildman–Crippen LogP) is 4.91. The van der Waals surface area contributed by atoms with E-state index in [2.05, 4.69) is 10.1 Å². The van der Waals surface area contributed by atoms with Crippen LogP contribution in [0.4, 0.5) is 18.9 Å². The molecule has 0 atom stereocenters. The van der Waals surface area contributed by atoms with E-state index in [0.29, 0.717) is 17.3 Å². The van der Waals surface area contributed by atoms with Gasteiger partial charge in [-0.1, -0.05) is 17.7 Å². The smallest absolute Gasteiger partial charge is 0.406 e. The van der Waals surface area contributed by atoms with Gasteiger partial charge in [-0.25, -0.2) is 0 Å². The molecule has 102 valence electrons. The minimum Gasteiger partial charge on any atom is -0.406 e. The second kappa shape index (κ2) is 5.71. The lowest BCUT2D eigenvalue weighted by Crippen LogP contribution is -2.17. The molecule has 7 heteroatoms. The maximum Gasteiger partial charge on any atom is 0.573 e. The molecule has 19 heavy (non-hydrogen) atoms. The molecule has 1 aromatic heterocycles. The number of hydrogen-bond donors (Lipinski definition) is 1. The van der Waals surface area contributed by atoms with Crippen LogP contribution in [0.3, 0.4) is 0 Å². The molecule has 2 aromatic rings. The molecule has 1 heterocycles. The Kier molecular flexibility index (Phi) is 4.21. The van der Waals surface area contributed by atoms with E-state index in [-0.39, 0.29) is 5.75 Å². The highest BCUT2D eigenvalue weighted by molar-refractivity contribution is 7.10. The zero-order chi connectivity index (χ0) is 13.9. The molecule has 0 bridgehead atoms. The molecule has 0 aliphatic heterocycles. The number of nitrogens with one attached hydrogen (secondary N) is 1. The Morgan fingerprint density at radius 1 is 1.26 bits per heavy atom. The van der Waals surface area contributed by atoms with Crippen molar-refractivity contribution in [3.05, 3.63) is 45.6 Å². The third kappa shape index (κ3) is 4.65. The lowest BCUT2D eigenvalue weighted by molar-refractivity contribution is -0.274. The Labute approximate surface area is 116 Å². The highest BCUT2D eigenvalue weighted by Gasteiger charge is 2.31. The maximum atomic E-state index is 12.1. The zero-order valence-electron chi connectivity index (χ0n) is 9.50. The van der Waals surface area contributed by atoms with Gasteiger partial charge in [0, 0.05) is 28.6 Å². The molecule has 2 rings (SSSR count). The van der Waals surface area contributed by atoms with Crippen molar-refractivity contribution in [1.29, 1.82) is 0 Å². The van der Waals surface area contributed by atoms with E-state index in [4.69, 9.17) is 11.6 Å². The molecule has 0 unspecified atom stereocenters. The van der Waals surface area contributed by atoms with Crippen LogP contribution in [0.25, 0.3) is 0 Å². The van der Waals surface area contributed by atoms with Crippen molar-refractivity contribution in [1.82, 2.24) is 0 Å². The summed E-state index contributed by atoms with van der Waals surface area (Å²) in [4.78, 5) is 0.993. The third-order valence-corrected chi connectivity index (χ3v) is 3.44. The van der Waals surface area contributed by atoms with Gasteiger partial charge in [-0.15, -0.1) is 24.5 Å². The molecule has 0 aliphatic carbocycles. The Hall–Kier alpha value is -1.40.